The summed E-state index contributed by atoms with van der Waals surface area (Å²) in [5, 5.41) is 2.65. The largest absolute Gasteiger partial charge is 0.322 e. The maximum Gasteiger partial charge on any atom is 0.247 e. The molecule has 1 N–H and O–H groups in total. The number of amides is 1. The zero-order valence-electron chi connectivity index (χ0n) is 8.88. The third-order valence-electron chi connectivity index (χ3n) is 2.08. The Hall–Kier alpha value is -1.64. The number of halogens is 1. The molecule has 0 radical (unpaired) electrons. The molecule has 80 valence electrons. The topological polar surface area (TPSA) is 29.1 Å². The van der Waals surface area contributed by atoms with E-state index in [1.54, 1.807) is 6.07 Å². The van der Waals surface area contributed by atoms with Gasteiger partial charge in [-0.05, 0) is 35.8 Å². The SMILES string of the molecule is C=CC(=O)Nc1ccc(F)cc1C(C)C. The van der Waals surface area contributed by atoms with E-state index in [9.17, 15) is 9.18 Å². The van der Waals surface area contributed by atoms with Crippen molar-refractivity contribution in [3.63, 3.8) is 0 Å². The highest BCUT2D eigenvalue weighted by Crippen LogP contribution is 2.24. The van der Waals surface area contributed by atoms with Gasteiger partial charge >= 0.3 is 0 Å². The van der Waals surface area contributed by atoms with Gasteiger partial charge in [0.2, 0.25) is 5.91 Å². The number of nitrogens with one attached hydrogen (secondary N) is 1. The fourth-order valence-electron chi connectivity index (χ4n) is 1.31. The Kier molecular flexibility index (Phi) is 3.61. The van der Waals surface area contributed by atoms with Crippen LogP contribution < -0.4 is 5.32 Å². The minimum absolute atomic E-state index is 0.154. The zero-order valence-corrected chi connectivity index (χ0v) is 8.88. The quantitative estimate of drug-likeness (QED) is 0.758. The first-order chi connectivity index (χ1) is 7.04. The summed E-state index contributed by atoms with van der Waals surface area (Å²) in [6, 6.07) is 4.32. The fraction of sp³-hybridized carbons (Fsp3) is 0.250. The van der Waals surface area contributed by atoms with Crippen LogP contribution in [0.2, 0.25) is 0 Å². The average molecular weight is 207 g/mol. The molecule has 0 saturated heterocycles. The van der Waals surface area contributed by atoms with Crippen molar-refractivity contribution in [2.24, 2.45) is 0 Å². The molecule has 0 atom stereocenters. The molecule has 0 unspecified atom stereocenters. The average Bonchev–Trinajstić information content (AvgIpc) is 2.20. The van der Waals surface area contributed by atoms with Crippen molar-refractivity contribution in [3.8, 4) is 0 Å². The van der Waals surface area contributed by atoms with Crippen molar-refractivity contribution in [2.45, 2.75) is 19.8 Å². The summed E-state index contributed by atoms with van der Waals surface area (Å²) in [5.41, 5.74) is 1.42. The second-order valence-electron chi connectivity index (χ2n) is 3.58. The van der Waals surface area contributed by atoms with Gasteiger partial charge in [0.15, 0.2) is 0 Å². The number of carbonyl (C=O) groups is 1. The Bertz CT molecular complexity index is 385. The zero-order chi connectivity index (χ0) is 11.4. The maximum atomic E-state index is 13.0. The minimum Gasteiger partial charge on any atom is -0.322 e. The van der Waals surface area contributed by atoms with Gasteiger partial charge in [0, 0.05) is 5.69 Å². The number of hydrogen-bond acceptors (Lipinski definition) is 1. The monoisotopic (exact) mass is 207 g/mol. The molecule has 0 spiro atoms. The van der Waals surface area contributed by atoms with Crippen LogP contribution in [0.4, 0.5) is 10.1 Å². The van der Waals surface area contributed by atoms with Gasteiger partial charge in [-0.15, -0.1) is 0 Å². The Labute approximate surface area is 88.8 Å². The number of benzene rings is 1. The first-order valence-electron chi connectivity index (χ1n) is 4.77. The first kappa shape index (κ1) is 11.4. The lowest BCUT2D eigenvalue weighted by molar-refractivity contribution is -0.111. The van der Waals surface area contributed by atoms with Gasteiger partial charge < -0.3 is 5.32 Å². The summed E-state index contributed by atoms with van der Waals surface area (Å²) in [7, 11) is 0. The first-order valence-corrected chi connectivity index (χ1v) is 4.77. The number of anilines is 1. The highest BCUT2D eigenvalue weighted by molar-refractivity contribution is 5.99. The lowest BCUT2D eigenvalue weighted by atomic mass is 10.0. The summed E-state index contributed by atoms with van der Waals surface area (Å²) in [4.78, 5) is 11.1. The predicted molar refractivity (Wildman–Crippen MR) is 59.3 cm³/mol. The summed E-state index contributed by atoms with van der Waals surface area (Å²) in [6.07, 6.45) is 1.19. The van der Waals surface area contributed by atoms with E-state index in [2.05, 4.69) is 11.9 Å². The van der Waals surface area contributed by atoms with Gasteiger partial charge in [0.1, 0.15) is 5.82 Å². The van der Waals surface area contributed by atoms with Crippen molar-refractivity contribution in [3.05, 3.63) is 42.2 Å². The number of rotatable bonds is 3. The van der Waals surface area contributed by atoms with Crippen LogP contribution in [-0.2, 0) is 4.79 Å². The smallest absolute Gasteiger partial charge is 0.247 e. The van der Waals surface area contributed by atoms with Crippen LogP contribution in [0.3, 0.4) is 0 Å². The van der Waals surface area contributed by atoms with E-state index in [0.717, 1.165) is 5.56 Å². The standard InChI is InChI=1S/C12H14FNO/c1-4-12(15)14-11-6-5-9(13)7-10(11)8(2)3/h4-8H,1H2,2-3H3,(H,14,15). The third kappa shape index (κ3) is 2.91. The van der Waals surface area contributed by atoms with Crippen LogP contribution in [0.1, 0.15) is 25.3 Å². The van der Waals surface area contributed by atoms with Crippen molar-refractivity contribution in [1.29, 1.82) is 0 Å². The molecule has 0 heterocycles. The van der Waals surface area contributed by atoms with Crippen LogP contribution in [0.5, 0.6) is 0 Å². The molecule has 1 aromatic carbocycles. The van der Waals surface area contributed by atoms with Crippen LogP contribution in [0, 0.1) is 5.82 Å². The van der Waals surface area contributed by atoms with E-state index in [4.69, 9.17) is 0 Å². The Morgan fingerprint density at radius 3 is 2.73 bits per heavy atom. The minimum atomic E-state index is -0.296. The molecule has 2 nitrogen and oxygen atoms in total. The lowest BCUT2D eigenvalue weighted by Gasteiger charge is -2.12. The molecule has 0 aliphatic rings. The van der Waals surface area contributed by atoms with Crippen LogP contribution in [-0.4, -0.2) is 5.91 Å². The van der Waals surface area contributed by atoms with Gasteiger partial charge in [-0.1, -0.05) is 20.4 Å². The van der Waals surface area contributed by atoms with Crippen molar-refractivity contribution in [1.82, 2.24) is 0 Å². The molecular weight excluding hydrogens is 193 g/mol. The molecule has 1 amide bonds. The molecule has 1 rings (SSSR count). The molecule has 0 aliphatic heterocycles. The van der Waals surface area contributed by atoms with E-state index in [1.165, 1.54) is 18.2 Å². The van der Waals surface area contributed by atoms with Crippen molar-refractivity contribution < 1.29 is 9.18 Å². The highest BCUT2D eigenvalue weighted by atomic mass is 19.1. The fourth-order valence-corrected chi connectivity index (χ4v) is 1.31. The molecule has 15 heavy (non-hydrogen) atoms. The molecule has 3 heteroatoms. The van der Waals surface area contributed by atoms with E-state index in [1.807, 2.05) is 13.8 Å². The second-order valence-corrected chi connectivity index (χ2v) is 3.58. The van der Waals surface area contributed by atoms with Crippen LogP contribution in [0.15, 0.2) is 30.9 Å². The van der Waals surface area contributed by atoms with Crippen molar-refractivity contribution >= 4 is 11.6 Å². The Morgan fingerprint density at radius 1 is 1.53 bits per heavy atom. The van der Waals surface area contributed by atoms with Crippen molar-refractivity contribution in [2.75, 3.05) is 5.32 Å². The van der Waals surface area contributed by atoms with Crippen LogP contribution in [0.25, 0.3) is 0 Å². The molecule has 0 saturated carbocycles. The Morgan fingerprint density at radius 2 is 2.20 bits per heavy atom. The van der Waals surface area contributed by atoms with Crippen LogP contribution >= 0.6 is 0 Å². The van der Waals surface area contributed by atoms with E-state index in [0.29, 0.717) is 5.69 Å². The summed E-state index contributed by atoms with van der Waals surface area (Å²) < 4.78 is 13.0. The summed E-state index contributed by atoms with van der Waals surface area (Å²) >= 11 is 0. The lowest BCUT2D eigenvalue weighted by Crippen LogP contribution is -2.10. The third-order valence-corrected chi connectivity index (χ3v) is 2.08. The maximum absolute atomic E-state index is 13.0. The van der Waals surface area contributed by atoms with Gasteiger partial charge in [-0.2, -0.15) is 0 Å². The van der Waals surface area contributed by atoms with Gasteiger partial charge in [-0.3, -0.25) is 4.79 Å². The molecule has 0 bridgehead atoms. The Balaban J connectivity index is 3.05. The molecule has 0 aromatic heterocycles. The van der Waals surface area contributed by atoms with Gasteiger partial charge in [0.05, 0.1) is 0 Å². The molecule has 1 aromatic rings. The summed E-state index contributed by atoms with van der Waals surface area (Å²) in [5.74, 6) is -0.431. The second kappa shape index (κ2) is 4.73. The van der Waals surface area contributed by atoms with E-state index < -0.39 is 0 Å². The number of hydrogen-bond donors (Lipinski definition) is 1. The molecule has 0 aliphatic carbocycles. The van der Waals surface area contributed by atoms with E-state index in [-0.39, 0.29) is 17.6 Å². The normalized spacial score (nSPS) is 10.1. The highest BCUT2D eigenvalue weighted by Gasteiger charge is 2.09. The summed E-state index contributed by atoms with van der Waals surface area (Å²) in [6.45, 7) is 7.25. The van der Waals surface area contributed by atoms with Gasteiger partial charge in [0.25, 0.3) is 0 Å². The van der Waals surface area contributed by atoms with E-state index >= 15 is 0 Å². The molecule has 0 fully saturated rings. The molecular formula is C12H14FNO. The number of carbonyl (C=O) groups excluding carboxylic acids is 1. The van der Waals surface area contributed by atoms with Gasteiger partial charge in [-0.25, -0.2) is 4.39 Å². The predicted octanol–water partition coefficient (Wildman–Crippen LogP) is 3.07.